The molecule has 1 aromatic carbocycles. The fourth-order valence-electron chi connectivity index (χ4n) is 3.11. The fourth-order valence-corrected chi connectivity index (χ4v) is 3.11. The van der Waals surface area contributed by atoms with E-state index in [1.54, 1.807) is 30.6 Å². The highest BCUT2D eigenvalue weighted by molar-refractivity contribution is 6.20. The molecule has 126 valence electrons. The highest BCUT2D eigenvalue weighted by Gasteiger charge is 2.43. The van der Waals surface area contributed by atoms with Crippen molar-refractivity contribution in [1.82, 2.24) is 10.0 Å². The molecule has 3 heterocycles. The number of imide groups is 1. The number of amides is 2. The second kappa shape index (κ2) is 6.10. The van der Waals surface area contributed by atoms with Gasteiger partial charge in [-0.1, -0.05) is 23.3 Å². The molecule has 7 nitrogen and oxygen atoms in total. The molecule has 0 N–H and O–H groups in total. The maximum Gasteiger partial charge on any atom is 0.339 e. The third-order valence-electron chi connectivity index (χ3n) is 4.35. The molecule has 2 amide bonds. The molecule has 25 heavy (non-hydrogen) atoms. The number of nitrogens with zero attached hydrogens (tertiary/aromatic N) is 2. The minimum absolute atomic E-state index is 0.229. The van der Waals surface area contributed by atoms with Crippen LogP contribution in [0.1, 0.15) is 38.8 Å². The monoisotopic (exact) mass is 338 g/mol. The summed E-state index contributed by atoms with van der Waals surface area (Å²) in [4.78, 5) is 46.3. The standard InChI is InChI=1S/C18H14N2O5/c21-16-12-5-1-2-6-13(12)17(22)20(16)25-18(23)14-7-9-24-15(14)11-4-3-8-19-10-11/h1-6,8,10,14-15H,7,9H2/t14-,15+/m1/s1. The smallest absolute Gasteiger partial charge is 0.339 e. The maximum absolute atomic E-state index is 12.6. The molecule has 0 saturated carbocycles. The first-order chi connectivity index (χ1) is 12.2. The maximum atomic E-state index is 12.6. The Morgan fingerprint density at radius 2 is 1.84 bits per heavy atom. The van der Waals surface area contributed by atoms with Gasteiger partial charge in [-0.3, -0.25) is 14.6 Å². The SMILES string of the molecule is O=C(ON1C(=O)c2ccccc2C1=O)[C@@H]1CCO[C@H]1c1cccnc1. The van der Waals surface area contributed by atoms with E-state index in [2.05, 4.69) is 4.98 Å². The van der Waals surface area contributed by atoms with E-state index in [1.807, 2.05) is 6.07 Å². The third kappa shape index (κ3) is 2.58. The first kappa shape index (κ1) is 15.5. The molecule has 2 aliphatic rings. The largest absolute Gasteiger partial charge is 0.373 e. The lowest BCUT2D eigenvalue weighted by Crippen LogP contribution is -2.35. The predicted molar refractivity (Wildman–Crippen MR) is 84.1 cm³/mol. The van der Waals surface area contributed by atoms with Crippen LogP contribution in [0.4, 0.5) is 0 Å². The Kier molecular flexibility index (Phi) is 3.77. The number of rotatable bonds is 3. The van der Waals surface area contributed by atoms with Gasteiger partial charge in [-0.25, -0.2) is 4.79 Å². The van der Waals surface area contributed by atoms with Crippen molar-refractivity contribution in [1.29, 1.82) is 0 Å². The van der Waals surface area contributed by atoms with Crippen LogP contribution < -0.4 is 0 Å². The van der Waals surface area contributed by atoms with Gasteiger partial charge in [0, 0.05) is 19.0 Å². The number of carbonyl (C=O) groups is 3. The van der Waals surface area contributed by atoms with E-state index in [0.717, 1.165) is 5.56 Å². The summed E-state index contributed by atoms with van der Waals surface area (Å²) in [6, 6.07) is 9.92. The molecule has 2 atom stereocenters. The van der Waals surface area contributed by atoms with Crippen LogP contribution in [-0.2, 0) is 14.4 Å². The molecule has 0 unspecified atom stereocenters. The average molecular weight is 338 g/mol. The molecule has 0 bridgehead atoms. The molecule has 1 fully saturated rings. The lowest BCUT2D eigenvalue weighted by molar-refractivity contribution is -0.175. The Labute approximate surface area is 143 Å². The van der Waals surface area contributed by atoms with Crippen molar-refractivity contribution in [3.05, 3.63) is 65.5 Å². The van der Waals surface area contributed by atoms with E-state index < -0.39 is 29.8 Å². The molecule has 1 aromatic heterocycles. The third-order valence-corrected chi connectivity index (χ3v) is 4.35. The first-order valence-corrected chi connectivity index (χ1v) is 7.88. The molecule has 7 heteroatoms. The van der Waals surface area contributed by atoms with Crippen LogP contribution >= 0.6 is 0 Å². The molecule has 2 aliphatic heterocycles. The van der Waals surface area contributed by atoms with Crippen molar-refractivity contribution in [2.75, 3.05) is 6.61 Å². The number of carbonyl (C=O) groups excluding carboxylic acids is 3. The molecule has 0 aliphatic carbocycles. The molecular weight excluding hydrogens is 324 g/mol. The summed E-state index contributed by atoms with van der Waals surface area (Å²) in [6.45, 7) is 0.390. The van der Waals surface area contributed by atoms with Crippen LogP contribution in [-0.4, -0.2) is 34.4 Å². The van der Waals surface area contributed by atoms with E-state index in [1.165, 1.54) is 12.1 Å². The van der Waals surface area contributed by atoms with Gasteiger partial charge in [-0.15, -0.1) is 0 Å². The zero-order chi connectivity index (χ0) is 17.4. The van der Waals surface area contributed by atoms with Crippen LogP contribution in [0.2, 0.25) is 0 Å². The van der Waals surface area contributed by atoms with E-state index in [-0.39, 0.29) is 11.1 Å². The lowest BCUT2D eigenvalue weighted by Gasteiger charge is -2.19. The van der Waals surface area contributed by atoms with Crippen LogP contribution in [0.15, 0.2) is 48.8 Å². The van der Waals surface area contributed by atoms with Crippen molar-refractivity contribution in [3.63, 3.8) is 0 Å². The van der Waals surface area contributed by atoms with Crippen molar-refractivity contribution < 1.29 is 24.0 Å². The van der Waals surface area contributed by atoms with Gasteiger partial charge in [-0.2, -0.15) is 0 Å². The van der Waals surface area contributed by atoms with Gasteiger partial charge in [0.15, 0.2) is 0 Å². The fraction of sp³-hybridized carbons (Fsp3) is 0.222. The van der Waals surface area contributed by atoms with Gasteiger partial charge in [0.05, 0.1) is 23.1 Å². The van der Waals surface area contributed by atoms with E-state index in [9.17, 15) is 14.4 Å². The summed E-state index contributed by atoms with van der Waals surface area (Å²) in [7, 11) is 0. The van der Waals surface area contributed by atoms with Crippen LogP contribution in [0.5, 0.6) is 0 Å². The minimum atomic E-state index is -0.666. The summed E-state index contributed by atoms with van der Waals surface area (Å²) < 4.78 is 5.62. The molecule has 1 saturated heterocycles. The lowest BCUT2D eigenvalue weighted by atomic mass is 9.97. The van der Waals surface area contributed by atoms with E-state index in [4.69, 9.17) is 9.57 Å². The van der Waals surface area contributed by atoms with Gasteiger partial charge in [-0.05, 0) is 30.2 Å². The van der Waals surface area contributed by atoms with Crippen LogP contribution in [0, 0.1) is 5.92 Å². The molecule has 2 aromatic rings. The number of aromatic nitrogens is 1. The highest BCUT2D eigenvalue weighted by Crippen LogP contribution is 2.35. The van der Waals surface area contributed by atoms with Crippen molar-refractivity contribution in [2.45, 2.75) is 12.5 Å². The zero-order valence-corrected chi connectivity index (χ0v) is 13.1. The summed E-state index contributed by atoms with van der Waals surface area (Å²) in [6.07, 6.45) is 3.20. The number of fused-ring (bicyclic) bond motifs is 1. The predicted octanol–water partition coefficient (Wildman–Crippen LogP) is 1.91. The second-order valence-electron chi connectivity index (χ2n) is 5.83. The van der Waals surface area contributed by atoms with E-state index in [0.29, 0.717) is 18.1 Å². The Morgan fingerprint density at radius 1 is 1.12 bits per heavy atom. The van der Waals surface area contributed by atoms with Gasteiger partial charge in [0.1, 0.15) is 0 Å². The summed E-state index contributed by atoms with van der Waals surface area (Å²) >= 11 is 0. The number of hydrogen-bond donors (Lipinski definition) is 0. The topological polar surface area (TPSA) is 85.8 Å². The number of pyridine rings is 1. The van der Waals surface area contributed by atoms with Crippen LogP contribution in [0.3, 0.4) is 0 Å². The second-order valence-corrected chi connectivity index (χ2v) is 5.83. The van der Waals surface area contributed by atoms with Crippen molar-refractivity contribution in [3.8, 4) is 0 Å². The Hall–Kier alpha value is -3.06. The van der Waals surface area contributed by atoms with Gasteiger partial charge >= 0.3 is 5.97 Å². The zero-order valence-electron chi connectivity index (χ0n) is 13.1. The van der Waals surface area contributed by atoms with Gasteiger partial charge in [0.2, 0.25) is 0 Å². The van der Waals surface area contributed by atoms with Gasteiger partial charge in [0.25, 0.3) is 11.8 Å². The highest BCUT2D eigenvalue weighted by atomic mass is 16.7. The number of benzene rings is 1. The normalized spacial score (nSPS) is 22.2. The molecular formula is C18H14N2O5. The minimum Gasteiger partial charge on any atom is -0.373 e. The van der Waals surface area contributed by atoms with E-state index >= 15 is 0 Å². The summed E-state index contributed by atoms with van der Waals surface area (Å²) in [5.41, 5.74) is 1.21. The summed E-state index contributed by atoms with van der Waals surface area (Å²) in [5.74, 6) is -2.54. The molecule has 0 spiro atoms. The molecule has 4 rings (SSSR count). The number of hydroxylamine groups is 2. The van der Waals surface area contributed by atoms with Gasteiger partial charge < -0.3 is 9.57 Å². The Morgan fingerprint density at radius 3 is 2.48 bits per heavy atom. The molecule has 0 radical (unpaired) electrons. The van der Waals surface area contributed by atoms with Crippen molar-refractivity contribution in [2.24, 2.45) is 5.92 Å². The first-order valence-electron chi connectivity index (χ1n) is 7.88. The number of ether oxygens (including phenoxy) is 1. The number of hydrogen-bond acceptors (Lipinski definition) is 6. The quantitative estimate of drug-likeness (QED) is 0.795. The average Bonchev–Trinajstić information content (AvgIpc) is 3.23. The van der Waals surface area contributed by atoms with Crippen molar-refractivity contribution >= 4 is 17.8 Å². The Balaban J connectivity index is 1.53. The van der Waals surface area contributed by atoms with Crippen LogP contribution in [0.25, 0.3) is 0 Å². The Bertz CT molecular complexity index is 817. The summed E-state index contributed by atoms with van der Waals surface area (Å²) in [5, 5.41) is 0.533.